The molecule has 0 spiro atoms. The maximum absolute atomic E-state index is 11.4. The van der Waals surface area contributed by atoms with Crippen LogP contribution in [0.15, 0.2) is 11.6 Å². The van der Waals surface area contributed by atoms with Crippen molar-refractivity contribution >= 4 is 5.97 Å². The highest BCUT2D eigenvalue weighted by Gasteiger charge is 2.32. The van der Waals surface area contributed by atoms with Gasteiger partial charge in [-0.15, -0.1) is 0 Å². The molecular weight excluding hydrogens is 240 g/mol. The molecule has 0 aromatic carbocycles. The number of carbonyl (C=O) groups excluding carboxylic acids is 1. The zero-order valence-electron chi connectivity index (χ0n) is 12.0. The smallest absolute Gasteiger partial charge is 0.316 e. The average molecular weight is 266 g/mol. The number of carbonyl (C=O) groups is 1. The Labute approximate surface area is 116 Å². The van der Waals surface area contributed by atoms with Gasteiger partial charge in [-0.1, -0.05) is 24.5 Å². The minimum absolute atomic E-state index is 0.0156. The van der Waals surface area contributed by atoms with Crippen LogP contribution in [0.25, 0.3) is 0 Å². The first-order valence-electron chi connectivity index (χ1n) is 7.76. The molecule has 0 aromatic heterocycles. The van der Waals surface area contributed by atoms with Crippen molar-refractivity contribution in [3.8, 4) is 0 Å². The minimum Gasteiger partial charge on any atom is -0.465 e. The summed E-state index contributed by atoms with van der Waals surface area (Å²) in [4.78, 5) is 11.4. The van der Waals surface area contributed by atoms with Gasteiger partial charge in [-0.25, -0.2) is 0 Å². The summed E-state index contributed by atoms with van der Waals surface area (Å²) in [6, 6.07) is 0. The third kappa shape index (κ3) is 5.77. The Hall–Kier alpha value is -0.830. The third-order valence-electron chi connectivity index (χ3n) is 3.77. The number of ether oxygens (including phenoxy) is 2. The van der Waals surface area contributed by atoms with Gasteiger partial charge in [0.05, 0.1) is 12.5 Å². The van der Waals surface area contributed by atoms with Gasteiger partial charge in [-0.05, 0) is 44.9 Å². The molecule has 0 N–H and O–H groups in total. The topological polar surface area (TPSA) is 35.5 Å². The summed E-state index contributed by atoms with van der Waals surface area (Å²) in [7, 11) is 0. The predicted molar refractivity (Wildman–Crippen MR) is 74.8 cm³/mol. The maximum atomic E-state index is 11.4. The Morgan fingerprint density at radius 2 is 2.05 bits per heavy atom. The van der Waals surface area contributed by atoms with E-state index in [1.165, 1.54) is 44.1 Å². The van der Waals surface area contributed by atoms with Crippen molar-refractivity contribution in [3.63, 3.8) is 0 Å². The lowest BCUT2D eigenvalue weighted by Gasteiger charge is -2.03. The van der Waals surface area contributed by atoms with E-state index >= 15 is 0 Å². The lowest BCUT2D eigenvalue weighted by molar-refractivity contribution is -0.144. The lowest BCUT2D eigenvalue weighted by Crippen LogP contribution is -2.08. The first-order valence-corrected chi connectivity index (χ1v) is 7.76. The van der Waals surface area contributed by atoms with Crippen molar-refractivity contribution in [2.45, 2.75) is 51.9 Å². The van der Waals surface area contributed by atoms with E-state index in [0.29, 0.717) is 6.61 Å². The van der Waals surface area contributed by atoms with Gasteiger partial charge in [0.1, 0.15) is 0 Å². The van der Waals surface area contributed by atoms with Crippen LogP contribution >= 0.6 is 0 Å². The minimum atomic E-state index is -0.0639. The van der Waals surface area contributed by atoms with Crippen LogP contribution in [-0.2, 0) is 14.3 Å². The Kier molecular flexibility index (Phi) is 5.90. The normalized spacial score (nSPS) is 21.1. The molecule has 0 saturated heterocycles. The fourth-order valence-corrected chi connectivity index (χ4v) is 2.28. The molecule has 1 saturated carbocycles. The van der Waals surface area contributed by atoms with Crippen LogP contribution in [0.3, 0.4) is 0 Å². The predicted octanol–water partition coefficient (Wildman–Crippen LogP) is 3.48. The van der Waals surface area contributed by atoms with Crippen molar-refractivity contribution < 1.29 is 14.3 Å². The molecule has 0 heterocycles. The molecule has 2 aliphatic carbocycles. The number of hydrogen-bond donors (Lipinski definition) is 0. The number of esters is 1. The van der Waals surface area contributed by atoms with E-state index in [0.717, 1.165) is 25.6 Å². The van der Waals surface area contributed by atoms with Crippen LogP contribution < -0.4 is 0 Å². The lowest BCUT2D eigenvalue weighted by atomic mass is 10.1. The Morgan fingerprint density at radius 3 is 2.79 bits per heavy atom. The molecule has 108 valence electrons. The molecular formula is C16H26O3. The van der Waals surface area contributed by atoms with E-state index in [-0.39, 0.29) is 11.9 Å². The summed E-state index contributed by atoms with van der Waals surface area (Å²) >= 11 is 0. The monoisotopic (exact) mass is 266 g/mol. The van der Waals surface area contributed by atoms with Crippen molar-refractivity contribution in [2.24, 2.45) is 11.8 Å². The van der Waals surface area contributed by atoms with E-state index < -0.39 is 0 Å². The molecule has 0 amide bonds. The van der Waals surface area contributed by atoms with Crippen molar-refractivity contribution in [1.82, 2.24) is 0 Å². The zero-order valence-corrected chi connectivity index (χ0v) is 12.0. The van der Waals surface area contributed by atoms with Gasteiger partial charge in [0.15, 0.2) is 0 Å². The SMILES string of the molecule is CCOC(=O)[C@@H]1C=C1CCCCCCOCC1CC1. The first-order chi connectivity index (χ1) is 9.31. The van der Waals surface area contributed by atoms with Crippen molar-refractivity contribution in [1.29, 1.82) is 0 Å². The second-order valence-electron chi connectivity index (χ2n) is 5.65. The van der Waals surface area contributed by atoms with Gasteiger partial charge in [-0.3, -0.25) is 4.79 Å². The molecule has 3 nitrogen and oxygen atoms in total. The highest BCUT2D eigenvalue weighted by molar-refractivity contribution is 5.83. The molecule has 1 atom stereocenters. The summed E-state index contributed by atoms with van der Waals surface area (Å²) in [6.07, 6.45) is 10.7. The fraction of sp³-hybridized carbons (Fsp3) is 0.812. The van der Waals surface area contributed by atoms with Crippen molar-refractivity contribution in [3.05, 3.63) is 11.6 Å². The standard InChI is InChI=1S/C16H26O3/c1-2-19-16(17)15-11-14(15)7-5-3-4-6-10-18-12-13-8-9-13/h11,13,15H,2-10,12H2,1H3/t15-/m1/s1. The van der Waals surface area contributed by atoms with E-state index in [1.807, 2.05) is 13.0 Å². The Balaban J connectivity index is 1.34. The molecule has 0 aromatic rings. The summed E-state index contributed by atoms with van der Waals surface area (Å²) in [5.74, 6) is 0.828. The van der Waals surface area contributed by atoms with Crippen LogP contribution in [-0.4, -0.2) is 25.8 Å². The Morgan fingerprint density at radius 1 is 1.26 bits per heavy atom. The van der Waals surface area contributed by atoms with Crippen LogP contribution in [0.5, 0.6) is 0 Å². The summed E-state index contributed by atoms with van der Waals surface area (Å²) in [5.41, 5.74) is 1.28. The second kappa shape index (κ2) is 7.68. The molecule has 2 aliphatic rings. The number of rotatable bonds is 11. The zero-order chi connectivity index (χ0) is 13.5. The highest BCUT2D eigenvalue weighted by Crippen LogP contribution is 2.34. The third-order valence-corrected chi connectivity index (χ3v) is 3.77. The molecule has 2 rings (SSSR count). The number of hydrogen-bond acceptors (Lipinski definition) is 3. The first kappa shape index (κ1) is 14.6. The van der Waals surface area contributed by atoms with E-state index in [2.05, 4.69) is 0 Å². The van der Waals surface area contributed by atoms with Crippen LogP contribution in [0.2, 0.25) is 0 Å². The van der Waals surface area contributed by atoms with Gasteiger partial charge in [0.25, 0.3) is 0 Å². The fourth-order valence-electron chi connectivity index (χ4n) is 2.28. The second-order valence-corrected chi connectivity index (χ2v) is 5.65. The summed E-state index contributed by atoms with van der Waals surface area (Å²) in [6.45, 7) is 4.24. The maximum Gasteiger partial charge on any atom is 0.316 e. The average Bonchev–Trinajstić information content (AvgIpc) is 3.26. The molecule has 0 aliphatic heterocycles. The quantitative estimate of drug-likeness (QED) is 0.326. The van der Waals surface area contributed by atoms with Crippen LogP contribution in [0, 0.1) is 11.8 Å². The van der Waals surface area contributed by atoms with Gasteiger partial charge in [0.2, 0.25) is 0 Å². The Bertz CT molecular complexity index is 318. The number of unbranched alkanes of at least 4 members (excludes halogenated alkanes) is 3. The van der Waals surface area contributed by atoms with E-state index in [9.17, 15) is 4.79 Å². The van der Waals surface area contributed by atoms with Gasteiger partial charge >= 0.3 is 5.97 Å². The van der Waals surface area contributed by atoms with E-state index in [4.69, 9.17) is 9.47 Å². The molecule has 0 unspecified atom stereocenters. The molecule has 1 fully saturated rings. The molecule has 0 bridgehead atoms. The molecule has 3 heteroatoms. The summed E-state index contributed by atoms with van der Waals surface area (Å²) in [5, 5.41) is 0. The molecule has 0 radical (unpaired) electrons. The largest absolute Gasteiger partial charge is 0.465 e. The van der Waals surface area contributed by atoms with E-state index in [1.54, 1.807) is 0 Å². The summed E-state index contributed by atoms with van der Waals surface area (Å²) < 4.78 is 10.6. The van der Waals surface area contributed by atoms with Gasteiger partial charge in [-0.2, -0.15) is 0 Å². The van der Waals surface area contributed by atoms with Gasteiger partial charge < -0.3 is 9.47 Å². The highest BCUT2D eigenvalue weighted by atomic mass is 16.5. The molecule has 19 heavy (non-hydrogen) atoms. The van der Waals surface area contributed by atoms with Gasteiger partial charge in [0, 0.05) is 13.2 Å². The van der Waals surface area contributed by atoms with Crippen molar-refractivity contribution in [2.75, 3.05) is 19.8 Å². The van der Waals surface area contributed by atoms with Crippen LogP contribution in [0.4, 0.5) is 0 Å². The van der Waals surface area contributed by atoms with Crippen LogP contribution in [0.1, 0.15) is 51.9 Å².